The molecule has 0 spiro atoms. The lowest BCUT2D eigenvalue weighted by molar-refractivity contribution is -0.394. The van der Waals surface area contributed by atoms with Crippen LogP contribution < -0.4 is 4.74 Å². The van der Waals surface area contributed by atoms with E-state index in [1.54, 1.807) is 25.1 Å². The highest BCUT2D eigenvalue weighted by Gasteiger charge is 2.34. The molecule has 0 atom stereocenters. The number of nitrogens with zero attached hydrogens (tertiary/aromatic N) is 3. The van der Waals surface area contributed by atoms with Crippen LogP contribution in [0.1, 0.15) is 12.5 Å². The number of carbonyl (C=O) groups is 2. The lowest BCUT2D eigenvalue weighted by Gasteiger charge is -2.10. The lowest BCUT2D eigenvalue weighted by Crippen LogP contribution is -2.27. The molecule has 2 aromatic rings. The molecule has 0 N–H and O–H groups in total. The van der Waals surface area contributed by atoms with Crippen molar-refractivity contribution in [3.8, 4) is 11.5 Å². The zero-order valence-corrected chi connectivity index (χ0v) is 15.8. The fraction of sp³-hybridized carbons (Fsp3) is 0.111. The topological polar surface area (TPSA) is 133 Å². The first-order chi connectivity index (χ1) is 13.8. The van der Waals surface area contributed by atoms with Crippen LogP contribution in [0.4, 0.5) is 16.2 Å². The number of amides is 2. The van der Waals surface area contributed by atoms with E-state index in [0.717, 1.165) is 34.9 Å². The zero-order chi connectivity index (χ0) is 21.1. The van der Waals surface area contributed by atoms with Gasteiger partial charge in [0.25, 0.3) is 16.8 Å². The first-order valence-corrected chi connectivity index (χ1v) is 9.08. The summed E-state index contributed by atoms with van der Waals surface area (Å²) < 4.78 is 5.63. The van der Waals surface area contributed by atoms with Crippen LogP contribution >= 0.6 is 11.8 Å². The number of hydrogen-bond donors (Lipinski definition) is 0. The van der Waals surface area contributed by atoms with E-state index in [0.29, 0.717) is 5.56 Å². The molecular formula is C18H13N3O7S. The number of non-ortho nitro benzene ring substituents is 1. The summed E-state index contributed by atoms with van der Waals surface area (Å²) in [6.45, 7) is 1.93. The molecule has 0 unspecified atom stereocenters. The van der Waals surface area contributed by atoms with E-state index in [1.807, 2.05) is 0 Å². The Morgan fingerprint density at radius 3 is 2.41 bits per heavy atom. The van der Waals surface area contributed by atoms with Gasteiger partial charge in [-0.15, -0.1) is 0 Å². The molecule has 0 bridgehead atoms. The molecule has 0 saturated carbocycles. The predicted octanol–water partition coefficient (Wildman–Crippen LogP) is 4.35. The third kappa shape index (κ3) is 4.09. The number of nitro benzene ring substituents is 2. The Labute approximate surface area is 168 Å². The van der Waals surface area contributed by atoms with Gasteiger partial charge in [-0.1, -0.05) is 18.2 Å². The number of thioether (sulfide) groups is 1. The van der Waals surface area contributed by atoms with Crippen molar-refractivity contribution in [3.63, 3.8) is 0 Å². The summed E-state index contributed by atoms with van der Waals surface area (Å²) in [5, 5.41) is 21.8. The van der Waals surface area contributed by atoms with Gasteiger partial charge in [0, 0.05) is 18.2 Å². The maximum atomic E-state index is 12.3. The summed E-state index contributed by atoms with van der Waals surface area (Å²) in [6.07, 6.45) is 1.47. The van der Waals surface area contributed by atoms with Gasteiger partial charge in [0.15, 0.2) is 0 Å². The van der Waals surface area contributed by atoms with E-state index < -0.39 is 27.1 Å². The molecule has 2 aromatic carbocycles. The summed E-state index contributed by atoms with van der Waals surface area (Å²) in [5.74, 6) is -0.436. The van der Waals surface area contributed by atoms with Crippen LogP contribution in [0.25, 0.3) is 6.08 Å². The van der Waals surface area contributed by atoms with Gasteiger partial charge in [-0.2, -0.15) is 0 Å². The second-order valence-corrected chi connectivity index (χ2v) is 6.73. The SMILES string of the molecule is CCN1C(=O)S/C(=C/c2ccccc2Oc2ccc([N+](=O)[O-])cc2[N+](=O)[O-])C1=O. The first-order valence-electron chi connectivity index (χ1n) is 8.27. The van der Waals surface area contributed by atoms with Crippen LogP contribution in [0, 0.1) is 20.2 Å². The van der Waals surface area contributed by atoms with Crippen molar-refractivity contribution in [2.24, 2.45) is 0 Å². The highest BCUT2D eigenvalue weighted by Crippen LogP contribution is 2.38. The van der Waals surface area contributed by atoms with Crippen LogP contribution in [-0.4, -0.2) is 32.4 Å². The number of ether oxygens (including phenoxy) is 1. The fourth-order valence-electron chi connectivity index (χ4n) is 2.57. The Morgan fingerprint density at radius 1 is 1.07 bits per heavy atom. The third-order valence-corrected chi connectivity index (χ3v) is 4.87. The maximum Gasteiger partial charge on any atom is 0.318 e. The smallest absolute Gasteiger partial charge is 0.318 e. The van der Waals surface area contributed by atoms with E-state index in [2.05, 4.69) is 0 Å². The lowest BCUT2D eigenvalue weighted by atomic mass is 10.1. The molecule has 1 aliphatic rings. The molecule has 0 aliphatic carbocycles. The molecule has 2 amide bonds. The van der Waals surface area contributed by atoms with E-state index in [4.69, 9.17) is 4.74 Å². The quantitative estimate of drug-likeness (QED) is 0.386. The summed E-state index contributed by atoms with van der Waals surface area (Å²) in [6, 6.07) is 9.49. The van der Waals surface area contributed by atoms with Crippen molar-refractivity contribution >= 4 is 40.4 Å². The zero-order valence-electron chi connectivity index (χ0n) is 14.9. The van der Waals surface area contributed by atoms with Gasteiger partial charge in [-0.3, -0.25) is 34.7 Å². The Bertz CT molecular complexity index is 1070. The average molecular weight is 415 g/mol. The van der Waals surface area contributed by atoms with Crippen molar-refractivity contribution in [2.75, 3.05) is 6.54 Å². The van der Waals surface area contributed by atoms with Crippen molar-refractivity contribution in [2.45, 2.75) is 6.92 Å². The largest absolute Gasteiger partial charge is 0.449 e. The van der Waals surface area contributed by atoms with Crippen LogP contribution in [0.3, 0.4) is 0 Å². The number of para-hydroxylation sites is 1. The number of hydrogen-bond acceptors (Lipinski definition) is 8. The number of likely N-dealkylation sites (N-methyl/N-ethyl adjacent to an activating group) is 1. The number of benzene rings is 2. The summed E-state index contributed by atoms with van der Waals surface area (Å²) >= 11 is 0.789. The van der Waals surface area contributed by atoms with Gasteiger partial charge in [0.2, 0.25) is 5.75 Å². The van der Waals surface area contributed by atoms with Crippen molar-refractivity contribution < 1.29 is 24.2 Å². The van der Waals surface area contributed by atoms with Crippen molar-refractivity contribution in [1.29, 1.82) is 0 Å². The molecule has 1 aliphatic heterocycles. The molecule has 10 nitrogen and oxygen atoms in total. The molecule has 148 valence electrons. The molecule has 29 heavy (non-hydrogen) atoms. The van der Waals surface area contributed by atoms with E-state index in [9.17, 15) is 29.8 Å². The van der Waals surface area contributed by atoms with E-state index >= 15 is 0 Å². The third-order valence-electron chi connectivity index (χ3n) is 3.97. The van der Waals surface area contributed by atoms with Gasteiger partial charge in [-0.05, 0) is 36.9 Å². The Morgan fingerprint density at radius 2 is 1.79 bits per heavy atom. The molecule has 3 rings (SSSR count). The molecule has 11 heteroatoms. The van der Waals surface area contributed by atoms with Gasteiger partial charge in [0.05, 0.1) is 20.8 Å². The highest BCUT2D eigenvalue weighted by atomic mass is 32.2. The summed E-state index contributed by atoms with van der Waals surface area (Å²) in [5.41, 5.74) is -0.590. The van der Waals surface area contributed by atoms with Crippen LogP contribution in [0.2, 0.25) is 0 Å². The minimum Gasteiger partial charge on any atom is -0.449 e. The predicted molar refractivity (Wildman–Crippen MR) is 105 cm³/mol. The highest BCUT2D eigenvalue weighted by molar-refractivity contribution is 8.18. The summed E-state index contributed by atoms with van der Waals surface area (Å²) in [7, 11) is 0. The van der Waals surface area contributed by atoms with Gasteiger partial charge >= 0.3 is 5.69 Å². The Hall–Kier alpha value is -3.73. The van der Waals surface area contributed by atoms with Crippen molar-refractivity contribution in [1.82, 2.24) is 4.90 Å². The van der Waals surface area contributed by atoms with Crippen LogP contribution in [0.5, 0.6) is 11.5 Å². The van der Waals surface area contributed by atoms with Crippen LogP contribution in [-0.2, 0) is 4.79 Å². The number of rotatable bonds is 6. The minimum absolute atomic E-state index is 0.188. The number of carbonyl (C=O) groups excluding carboxylic acids is 2. The van der Waals surface area contributed by atoms with Crippen LogP contribution in [0.15, 0.2) is 47.4 Å². The van der Waals surface area contributed by atoms with Gasteiger partial charge in [-0.25, -0.2) is 0 Å². The molecule has 0 aromatic heterocycles. The second kappa shape index (κ2) is 8.10. The van der Waals surface area contributed by atoms with Gasteiger partial charge < -0.3 is 4.74 Å². The molecular weight excluding hydrogens is 402 g/mol. The maximum absolute atomic E-state index is 12.3. The molecule has 1 saturated heterocycles. The van der Waals surface area contributed by atoms with Gasteiger partial charge in [0.1, 0.15) is 5.75 Å². The standard InChI is InChI=1S/C18H13N3O7S/c1-2-19-17(22)16(29-18(19)23)9-11-5-3-4-6-14(11)28-15-8-7-12(20(24)25)10-13(15)21(26)27/h3-10H,2H2,1H3/b16-9+. The van der Waals surface area contributed by atoms with E-state index in [1.165, 1.54) is 12.1 Å². The average Bonchev–Trinajstić information content (AvgIpc) is 2.95. The number of nitro groups is 2. The normalized spacial score (nSPS) is 15.1. The Kier molecular flexibility index (Phi) is 5.59. The Balaban J connectivity index is 1.98. The first kappa shape index (κ1) is 20.0. The van der Waals surface area contributed by atoms with E-state index in [-0.39, 0.29) is 28.2 Å². The second-order valence-electron chi connectivity index (χ2n) is 5.73. The molecule has 1 heterocycles. The molecule has 0 radical (unpaired) electrons. The minimum atomic E-state index is -0.780. The molecule has 1 fully saturated rings. The monoisotopic (exact) mass is 415 g/mol. The van der Waals surface area contributed by atoms with Crippen molar-refractivity contribution in [3.05, 3.63) is 73.2 Å². The fourth-order valence-corrected chi connectivity index (χ4v) is 3.47. The number of imide groups is 1. The summed E-state index contributed by atoms with van der Waals surface area (Å²) in [4.78, 5) is 46.1.